The Morgan fingerprint density at radius 1 is 0.967 bits per heavy atom. The van der Waals surface area contributed by atoms with E-state index in [1.807, 2.05) is 12.1 Å². The van der Waals surface area contributed by atoms with E-state index in [1.54, 1.807) is 41.3 Å². The maximum absolute atomic E-state index is 13.6. The summed E-state index contributed by atoms with van der Waals surface area (Å²) in [6.07, 6.45) is -4.55. The Morgan fingerprint density at radius 3 is 2.23 bits per heavy atom. The van der Waals surface area contributed by atoms with E-state index in [1.165, 1.54) is 4.90 Å². The SMILES string of the molecule is FC(F)(F)c1nc2ccccc2nc1N1CC[NH+](CCOc2ccc(Cl)cc2)CC1. The highest BCUT2D eigenvalue weighted by molar-refractivity contribution is 6.30. The predicted molar refractivity (Wildman–Crippen MR) is 109 cm³/mol. The van der Waals surface area contributed by atoms with Gasteiger partial charge in [-0.3, -0.25) is 0 Å². The second kappa shape index (κ2) is 8.65. The van der Waals surface area contributed by atoms with E-state index in [9.17, 15) is 13.2 Å². The number of anilines is 1. The molecule has 1 aliphatic heterocycles. The van der Waals surface area contributed by atoms with Crippen molar-refractivity contribution >= 4 is 28.5 Å². The number of halogens is 4. The Bertz CT molecular complexity index is 1010. The number of ether oxygens (including phenoxy) is 1. The molecule has 2 aromatic carbocycles. The fraction of sp³-hybridized carbons (Fsp3) is 0.333. The molecule has 2 heterocycles. The summed E-state index contributed by atoms with van der Waals surface area (Å²) in [5.74, 6) is 0.663. The lowest BCUT2D eigenvalue weighted by atomic mass is 10.2. The molecule has 0 bridgehead atoms. The van der Waals surface area contributed by atoms with Gasteiger partial charge in [0.15, 0.2) is 11.5 Å². The largest absolute Gasteiger partial charge is 0.488 e. The van der Waals surface area contributed by atoms with Crippen LogP contribution in [0.3, 0.4) is 0 Å². The number of quaternary nitrogens is 1. The normalized spacial score (nSPS) is 15.5. The van der Waals surface area contributed by atoms with Gasteiger partial charge in [0.1, 0.15) is 18.9 Å². The van der Waals surface area contributed by atoms with Crippen molar-refractivity contribution in [2.24, 2.45) is 0 Å². The van der Waals surface area contributed by atoms with Crippen LogP contribution in [0.25, 0.3) is 11.0 Å². The van der Waals surface area contributed by atoms with Gasteiger partial charge in [0.2, 0.25) is 0 Å². The Labute approximate surface area is 177 Å². The van der Waals surface area contributed by atoms with Gasteiger partial charge in [0.05, 0.1) is 37.2 Å². The van der Waals surface area contributed by atoms with Gasteiger partial charge < -0.3 is 14.5 Å². The van der Waals surface area contributed by atoms with Gasteiger partial charge in [0.25, 0.3) is 0 Å². The van der Waals surface area contributed by atoms with Gasteiger partial charge in [-0.05, 0) is 36.4 Å². The highest BCUT2D eigenvalue weighted by Gasteiger charge is 2.39. The molecule has 1 saturated heterocycles. The van der Waals surface area contributed by atoms with Crippen molar-refractivity contribution in [3.8, 4) is 5.75 Å². The number of benzene rings is 2. The zero-order valence-corrected chi connectivity index (χ0v) is 16.9. The van der Waals surface area contributed by atoms with E-state index >= 15 is 0 Å². The third kappa shape index (κ3) is 4.76. The summed E-state index contributed by atoms with van der Waals surface area (Å²) < 4.78 is 46.5. The Morgan fingerprint density at radius 2 is 1.60 bits per heavy atom. The minimum absolute atomic E-state index is 0.0855. The van der Waals surface area contributed by atoms with E-state index in [4.69, 9.17) is 16.3 Å². The molecule has 4 rings (SSSR count). The van der Waals surface area contributed by atoms with E-state index in [2.05, 4.69) is 9.97 Å². The molecule has 3 aromatic rings. The third-order valence-corrected chi connectivity index (χ3v) is 5.38. The molecular formula is C21H21ClF3N4O+. The maximum Gasteiger partial charge on any atom is 0.437 e. The van der Waals surface area contributed by atoms with Crippen molar-refractivity contribution < 1.29 is 22.8 Å². The van der Waals surface area contributed by atoms with Gasteiger partial charge in [-0.25, -0.2) is 9.97 Å². The lowest BCUT2D eigenvalue weighted by Crippen LogP contribution is -3.15. The zero-order valence-electron chi connectivity index (χ0n) is 16.1. The van der Waals surface area contributed by atoms with E-state index < -0.39 is 11.9 Å². The molecule has 0 saturated carbocycles. The fourth-order valence-corrected chi connectivity index (χ4v) is 3.66. The number of aromatic nitrogens is 2. The van der Waals surface area contributed by atoms with Crippen LogP contribution in [0, 0.1) is 0 Å². The quantitative estimate of drug-likeness (QED) is 0.666. The Kier molecular flexibility index (Phi) is 5.97. The van der Waals surface area contributed by atoms with Gasteiger partial charge in [-0.2, -0.15) is 13.2 Å². The smallest absolute Gasteiger partial charge is 0.437 e. The van der Waals surface area contributed by atoms with Crippen LogP contribution in [-0.2, 0) is 6.18 Å². The summed E-state index contributed by atoms with van der Waals surface area (Å²) in [5.41, 5.74) is -0.209. The Balaban J connectivity index is 1.40. The Hall–Kier alpha value is -2.58. The molecule has 0 radical (unpaired) electrons. The first-order valence-corrected chi connectivity index (χ1v) is 10.1. The summed E-state index contributed by atoms with van der Waals surface area (Å²) in [5, 5.41) is 0.652. The first kappa shape index (κ1) is 20.7. The molecular weight excluding hydrogens is 417 g/mol. The lowest BCUT2D eigenvalue weighted by Gasteiger charge is -2.33. The molecule has 30 heavy (non-hydrogen) atoms. The van der Waals surface area contributed by atoms with Crippen LogP contribution < -0.4 is 14.5 Å². The number of fused-ring (bicyclic) bond motifs is 1. The van der Waals surface area contributed by atoms with Crippen molar-refractivity contribution in [1.82, 2.24) is 9.97 Å². The summed E-state index contributed by atoms with van der Waals surface area (Å²) in [4.78, 5) is 11.1. The van der Waals surface area contributed by atoms with Crippen molar-refractivity contribution in [2.45, 2.75) is 6.18 Å². The first-order chi connectivity index (χ1) is 14.4. The second-order valence-electron chi connectivity index (χ2n) is 7.17. The van der Waals surface area contributed by atoms with Gasteiger partial charge in [0, 0.05) is 5.02 Å². The molecule has 1 fully saturated rings. The van der Waals surface area contributed by atoms with Gasteiger partial charge in [-0.1, -0.05) is 23.7 Å². The molecule has 0 amide bonds. The maximum atomic E-state index is 13.6. The van der Waals surface area contributed by atoms with Crippen molar-refractivity contribution in [2.75, 3.05) is 44.2 Å². The molecule has 0 unspecified atom stereocenters. The van der Waals surface area contributed by atoms with Gasteiger partial charge in [-0.15, -0.1) is 0 Å². The summed E-state index contributed by atoms with van der Waals surface area (Å²) >= 11 is 5.86. The average molecular weight is 438 g/mol. The predicted octanol–water partition coefficient (Wildman–Crippen LogP) is 3.09. The van der Waals surface area contributed by atoms with Crippen LogP contribution in [0.15, 0.2) is 48.5 Å². The molecule has 1 aromatic heterocycles. The third-order valence-electron chi connectivity index (χ3n) is 5.13. The van der Waals surface area contributed by atoms with Crippen LogP contribution >= 0.6 is 11.6 Å². The van der Waals surface area contributed by atoms with E-state index in [-0.39, 0.29) is 11.3 Å². The molecule has 0 atom stereocenters. The number of nitrogens with zero attached hydrogens (tertiary/aromatic N) is 3. The summed E-state index contributed by atoms with van der Waals surface area (Å²) in [6, 6.07) is 13.8. The number of para-hydroxylation sites is 2. The topological polar surface area (TPSA) is 42.7 Å². The molecule has 9 heteroatoms. The van der Waals surface area contributed by atoms with Crippen LogP contribution in [0.5, 0.6) is 5.75 Å². The van der Waals surface area contributed by atoms with Crippen molar-refractivity contribution in [3.05, 3.63) is 59.2 Å². The minimum Gasteiger partial charge on any atom is -0.488 e. The molecule has 0 aliphatic carbocycles. The molecule has 158 valence electrons. The van der Waals surface area contributed by atoms with Crippen molar-refractivity contribution in [1.29, 1.82) is 0 Å². The standard InChI is InChI=1S/C21H20ClF3N4O/c22-15-5-7-16(8-6-15)30-14-13-28-9-11-29(12-10-28)20-19(21(23,24)25)26-17-3-1-2-4-18(17)27-20/h1-8H,9-14H2/p+1. The number of piperazine rings is 1. The summed E-state index contributed by atoms with van der Waals surface area (Å²) in [7, 11) is 0. The van der Waals surface area contributed by atoms with E-state index in [0.29, 0.717) is 43.3 Å². The van der Waals surface area contributed by atoms with Crippen LogP contribution in [0.1, 0.15) is 5.69 Å². The van der Waals surface area contributed by atoms with Crippen molar-refractivity contribution in [3.63, 3.8) is 0 Å². The highest BCUT2D eigenvalue weighted by atomic mass is 35.5. The van der Waals surface area contributed by atoms with E-state index in [0.717, 1.165) is 12.3 Å². The minimum atomic E-state index is -4.55. The van der Waals surface area contributed by atoms with Crippen LogP contribution in [0.4, 0.5) is 19.0 Å². The van der Waals surface area contributed by atoms with Crippen LogP contribution in [-0.4, -0.2) is 49.3 Å². The zero-order chi connectivity index (χ0) is 21.1. The highest BCUT2D eigenvalue weighted by Crippen LogP contribution is 2.35. The average Bonchev–Trinajstić information content (AvgIpc) is 2.74. The molecule has 5 nitrogen and oxygen atoms in total. The number of hydrogen-bond donors (Lipinski definition) is 1. The lowest BCUT2D eigenvalue weighted by molar-refractivity contribution is -0.900. The number of alkyl halides is 3. The van der Waals surface area contributed by atoms with Crippen LogP contribution in [0.2, 0.25) is 5.02 Å². The monoisotopic (exact) mass is 437 g/mol. The molecule has 1 N–H and O–H groups in total. The fourth-order valence-electron chi connectivity index (χ4n) is 3.53. The number of rotatable bonds is 5. The summed E-state index contributed by atoms with van der Waals surface area (Å²) in [6.45, 7) is 3.66. The molecule has 1 aliphatic rings. The molecule has 0 spiro atoms. The number of hydrogen-bond acceptors (Lipinski definition) is 4. The first-order valence-electron chi connectivity index (χ1n) is 9.71. The van der Waals surface area contributed by atoms with Gasteiger partial charge >= 0.3 is 6.18 Å². The second-order valence-corrected chi connectivity index (χ2v) is 7.61. The number of nitrogens with one attached hydrogen (secondary N) is 1.